The average molecular weight is 423 g/mol. The summed E-state index contributed by atoms with van der Waals surface area (Å²) in [4.78, 5) is 27.6. The highest BCUT2D eigenvalue weighted by atomic mass is 19.1. The molecule has 1 aliphatic heterocycles. The number of halogens is 1. The Balaban J connectivity index is 2.41. The lowest BCUT2D eigenvalue weighted by atomic mass is 10.0. The number of fused-ring (bicyclic) bond motifs is 1. The van der Waals surface area contributed by atoms with E-state index in [4.69, 9.17) is 32.9 Å². The Labute approximate surface area is 203 Å². The van der Waals surface area contributed by atoms with E-state index >= 15 is 0 Å². The number of hydrogen-bond acceptors (Lipinski definition) is 3. The van der Waals surface area contributed by atoms with E-state index in [2.05, 4.69) is 0 Å². The number of H-pyrrole nitrogens is 1. The molecule has 2 amide bonds. The van der Waals surface area contributed by atoms with Crippen molar-refractivity contribution >= 4 is 29.1 Å². The van der Waals surface area contributed by atoms with Gasteiger partial charge >= 0.3 is 0 Å². The van der Waals surface area contributed by atoms with Crippen molar-refractivity contribution in [2.24, 2.45) is 0 Å². The zero-order valence-electron chi connectivity index (χ0n) is 38.1. The van der Waals surface area contributed by atoms with Gasteiger partial charge < -0.3 is 20.5 Å². The Hall–Kier alpha value is -2.93. The van der Waals surface area contributed by atoms with Crippen molar-refractivity contribution in [3.63, 3.8) is 0 Å². The minimum absolute atomic E-state index is 0.657. The summed E-state index contributed by atoms with van der Waals surface area (Å²) < 4.78 is 205. The highest BCUT2D eigenvalue weighted by Gasteiger charge is 2.26. The van der Waals surface area contributed by atoms with Crippen LogP contribution in [0.2, 0.25) is 0 Å². The number of hydrogen-bond donors (Lipinski definition) is 3. The summed E-state index contributed by atoms with van der Waals surface area (Å²) in [5.74, 6) is -5.21. The van der Waals surface area contributed by atoms with Gasteiger partial charge in [-0.15, -0.1) is 0 Å². The van der Waals surface area contributed by atoms with E-state index in [9.17, 15) is 14.0 Å². The van der Waals surface area contributed by atoms with Gasteiger partial charge in [0.05, 0.1) is 19.4 Å². The molecule has 1 aromatic heterocycles. The van der Waals surface area contributed by atoms with Gasteiger partial charge in [-0.2, -0.15) is 0 Å². The molecule has 3 N–H and O–H groups in total. The lowest BCUT2D eigenvalue weighted by Gasteiger charge is -2.18. The Kier molecular flexibility index (Phi) is 1.79. The van der Waals surface area contributed by atoms with E-state index in [1.807, 2.05) is 10.3 Å². The molecule has 2 heterocycles. The topological polar surface area (TPSA) is 77.2 Å². The average Bonchev–Trinajstić information content (AvgIpc) is 3.52. The molecule has 1 aromatic carbocycles. The molecule has 0 bridgehead atoms. The standard InChI is InChI=1S/C22H27FN4O2/c1-5-27(6-2)10-9-24-22(29)20-13(3)19(25-14(20)4)12-17-16-11-15(23)7-8-18(16)26-21(17)28/h7-8,11-12,25H,5-6,9-10H2,1-4H3,(H,24,29)(H,26,28)/b17-12-/i1D3,2D3,3D3,4D3,5D2,6D2,7D,8D,9D2,10D2,11D,12D. The highest BCUT2D eigenvalue weighted by molar-refractivity contribution is 6.34. The van der Waals surface area contributed by atoms with Crippen molar-refractivity contribution in [1.29, 1.82) is 0 Å². The van der Waals surface area contributed by atoms with Gasteiger partial charge in [-0.05, 0) is 56.4 Å². The number of amides is 2. The molecular weight excluding hydrogens is 371 g/mol. The van der Waals surface area contributed by atoms with Crippen molar-refractivity contribution in [3.05, 3.63) is 52.0 Å². The lowest BCUT2D eigenvalue weighted by Crippen LogP contribution is -2.35. The van der Waals surface area contributed by atoms with Crippen LogP contribution in [0.1, 0.15) is 79.5 Å². The number of anilines is 1. The van der Waals surface area contributed by atoms with Gasteiger partial charge in [0.25, 0.3) is 11.8 Å². The van der Waals surface area contributed by atoms with E-state index in [0.29, 0.717) is 0 Å². The van der Waals surface area contributed by atoms with E-state index in [-0.39, 0.29) is 0 Å². The number of nitrogens with one attached hydrogen (secondary N) is 3. The van der Waals surface area contributed by atoms with Crippen molar-refractivity contribution in [3.8, 4) is 0 Å². The van der Waals surface area contributed by atoms with E-state index in [0.717, 1.165) is 0 Å². The number of benzene rings is 1. The summed E-state index contributed by atoms with van der Waals surface area (Å²) in [6, 6.07) is -4.65. The molecule has 0 aliphatic carbocycles. The first-order valence-electron chi connectivity index (χ1n) is 19.5. The Morgan fingerprint density at radius 2 is 2.24 bits per heavy atom. The molecule has 3 rings (SSSR count). The van der Waals surface area contributed by atoms with Crippen LogP contribution in [0.4, 0.5) is 10.1 Å². The van der Waals surface area contributed by atoms with Crippen LogP contribution in [0.3, 0.4) is 0 Å². The first-order chi connectivity index (χ1) is 23.3. The molecule has 6 nitrogen and oxygen atoms in total. The van der Waals surface area contributed by atoms with Gasteiger partial charge in [0.1, 0.15) is 5.82 Å². The fourth-order valence-corrected chi connectivity index (χ4v) is 2.31. The summed E-state index contributed by atoms with van der Waals surface area (Å²) in [6.45, 7) is -33.2. The highest BCUT2D eigenvalue weighted by Crippen LogP contribution is 2.34. The van der Waals surface area contributed by atoms with Crippen LogP contribution in [0.25, 0.3) is 11.6 Å². The number of carbonyl (C=O) groups is 2. The quantitative estimate of drug-likeness (QED) is 0.599. The summed E-state index contributed by atoms with van der Waals surface area (Å²) in [5.41, 5.74) is -8.20. The van der Waals surface area contributed by atoms with Gasteiger partial charge in [0, 0.05) is 60.3 Å². The fourth-order valence-electron chi connectivity index (χ4n) is 2.31. The third-order valence-electron chi connectivity index (χ3n) is 3.54. The van der Waals surface area contributed by atoms with Crippen molar-refractivity contribution in [2.45, 2.75) is 27.4 Å². The Morgan fingerprint density at radius 3 is 2.97 bits per heavy atom. The third-order valence-corrected chi connectivity index (χ3v) is 3.54. The van der Waals surface area contributed by atoms with Crippen LogP contribution in [0, 0.1) is 19.5 Å². The van der Waals surface area contributed by atoms with Gasteiger partial charge in [0.2, 0.25) is 0 Å². The number of carbonyl (C=O) groups excluding carboxylic acids is 2. The first kappa shape index (κ1) is 6.04. The molecule has 7 heteroatoms. The normalized spacial score (nSPS) is 30.6. The van der Waals surface area contributed by atoms with Gasteiger partial charge in [-0.1, -0.05) is 13.7 Å². The summed E-state index contributed by atoms with van der Waals surface area (Å²) in [6.07, 6.45) is 0. The van der Waals surface area contributed by atoms with Crippen molar-refractivity contribution < 1.29 is 46.9 Å². The van der Waals surface area contributed by atoms with E-state index in [1.54, 1.807) is 0 Å². The molecule has 0 fully saturated rings. The number of aromatic nitrogens is 1. The molecule has 0 spiro atoms. The van der Waals surface area contributed by atoms with Crippen LogP contribution >= 0.6 is 0 Å². The van der Waals surface area contributed by atoms with Crippen LogP contribution in [0.15, 0.2) is 18.1 Å². The minimum atomic E-state index is -4.55. The molecule has 0 unspecified atom stereocenters. The van der Waals surface area contributed by atoms with E-state index in [1.165, 1.54) is 5.32 Å². The second-order valence-corrected chi connectivity index (χ2v) is 5.27. The second kappa shape index (κ2) is 8.61. The molecule has 29 heavy (non-hydrogen) atoms. The molecule has 154 valence electrons. The number of aryl methyl sites for hydroxylation is 1. The van der Waals surface area contributed by atoms with Crippen molar-refractivity contribution in [2.75, 3.05) is 31.3 Å². The van der Waals surface area contributed by atoms with Crippen LogP contribution in [0.5, 0.6) is 0 Å². The molecule has 0 atom stereocenters. The molecule has 2 aromatic rings. The third kappa shape index (κ3) is 4.24. The predicted molar refractivity (Wildman–Crippen MR) is 113 cm³/mol. The zero-order chi connectivity index (χ0) is 41.8. The maximum absolute atomic E-state index is 14.7. The minimum Gasteiger partial charge on any atom is -0.358 e. The predicted octanol–water partition coefficient (Wildman–Crippen LogP) is 3.33. The number of likely N-dealkylation sites (N-methyl/N-ethyl adjacent to an activating group) is 1. The second-order valence-electron chi connectivity index (χ2n) is 5.27. The maximum atomic E-state index is 14.7. The van der Waals surface area contributed by atoms with Crippen molar-refractivity contribution in [1.82, 2.24) is 15.2 Å². The molecular formula is C22H27FN4O2. The molecule has 0 saturated heterocycles. The van der Waals surface area contributed by atoms with Crippen LogP contribution in [-0.4, -0.2) is 47.7 Å². The van der Waals surface area contributed by atoms with Gasteiger partial charge in [-0.25, -0.2) is 4.39 Å². The first-order valence-corrected chi connectivity index (χ1v) is 7.52. The summed E-state index contributed by atoms with van der Waals surface area (Å²) >= 11 is 0. The van der Waals surface area contributed by atoms with E-state index < -0.39 is 139 Å². The largest absolute Gasteiger partial charge is 0.358 e. The summed E-state index contributed by atoms with van der Waals surface area (Å²) in [5, 5.41) is 3.24. The zero-order valence-corrected chi connectivity index (χ0v) is 14.1. The Bertz CT molecular complexity index is 1860. The SMILES string of the molecule is [2H]/C(=C1/C(=O)Nc2c([2H])c([2H])c(F)c([2H])c21)c1[nH]c(C([2H])([2H])[2H])c(C(=O)NC([2H])([2H])C([2H])([2H])N(C([2H])([2H])C([2H])([2H])[2H])C([2H])([2H])C([2H])([2H])[2H])c1C([2H])([2H])[2H]. The summed E-state index contributed by atoms with van der Waals surface area (Å²) in [7, 11) is 0. The van der Waals surface area contributed by atoms with Gasteiger partial charge in [0.15, 0.2) is 0 Å². The van der Waals surface area contributed by atoms with Crippen LogP contribution in [-0.2, 0) is 4.79 Å². The molecule has 1 aliphatic rings. The van der Waals surface area contributed by atoms with Gasteiger partial charge in [-0.3, -0.25) is 9.59 Å². The lowest BCUT2D eigenvalue weighted by molar-refractivity contribution is -0.110. The number of aromatic amines is 1. The monoisotopic (exact) mass is 422 g/mol. The molecule has 0 saturated carbocycles. The molecule has 0 radical (unpaired) electrons. The van der Waals surface area contributed by atoms with Crippen LogP contribution < -0.4 is 10.6 Å². The number of nitrogens with zero attached hydrogens (tertiary/aromatic N) is 1. The number of rotatable bonds is 7. The fraction of sp³-hybridized carbons (Fsp3) is 0.364. The smallest absolute Gasteiger partial charge is 0.256 e. The maximum Gasteiger partial charge on any atom is 0.256 e. The Morgan fingerprint density at radius 1 is 1.41 bits per heavy atom.